The molecule has 17 heavy (non-hydrogen) atoms. The molecular weight excluding hydrogens is 324 g/mol. The van der Waals surface area contributed by atoms with Crippen LogP contribution in [0.15, 0.2) is 20.1 Å². The molecule has 1 aliphatic rings. The number of thiophene rings is 1. The van der Waals surface area contributed by atoms with Gasteiger partial charge in [0.1, 0.15) is 4.21 Å². The molecule has 2 unspecified atom stereocenters. The SMILES string of the molecule is CC1CN(S(=O)(=O)c2ccc(Br)s2)C(C)CN1. The smallest absolute Gasteiger partial charge is 0.252 e. The van der Waals surface area contributed by atoms with Crippen LogP contribution in [-0.2, 0) is 10.0 Å². The van der Waals surface area contributed by atoms with Gasteiger partial charge in [0.15, 0.2) is 0 Å². The maximum absolute atomic E-state index is 12.4. The summed E-state index contributed by atoms with van der Waals surface area (Å²) in [6.45, 7) is 5.16. The van der Waals surface area contributed by atoms with E-state index in [1.165, 1.54) is 11.3 Å². The lowest BCUT2D eigenvalue weighted by atomic mass is 10.2. The monoisotopic (exact) mass is 338 g/mol. The zero-order valence-corrected chi connectivity index (χ0v) is 12.9. The van der Waals surface area contributed by atoms with Gasteiger partial charge in [-0.25, -0.2) is 8.42 Å². The molecule has 0 spiro atoms. The van der Waals surface area contributed by atoms with E-state index >= 15 is 0 Å². The maximum atomic E-state index is 12.4. The van der Waals surface area contributed by atoms with E-state index in [9.17, 15) is 8.42 Å². The Bertz CT molecular complexity index is 500. The molecule has 1 saturated heterocycles. The number of hydrogen-bond donors (Lipinski definition) is 1. The third kappa shape index (κ3) is 2.73. The topological polar surface area (TPSA) is 49.4 Å². The second-order valence-electron chi connectivity index (χ2n) is 4.29. The van der Waals surface area contributed by atoms with Gasteiger partial charge in [0.05, 0.1) is 3.79 Å². The number of sulfonamides is 1. The van der Waals surface area contributed by atoms with Crippen LogP contribution in [0.3, 0.4) is 0 Å². The van der Waals surface area contributed by atoms with Crippen LogP contribution < -0.4 is 5.32 Å². The summed E-state index contributed by atoms with van der Waals surface area (Å²) in [4.78, 5) is 0. The third-order valence-electron chi connectivity index (χ3n) is 2.82. The van der Waals surface area contributed by atoms with E-state index < -0.39 is 10.0 Å². The van der Waals surface area contributed by atoms with Crippen LogP contribution in [0.25, 0.3) is 0 Å². The molecule has 0 saturated carbocycles. The summed E-state index contributed by atoms with van der Waals surface area (Å²) in [5.74, 6) is 0. The standard InChI is InChI=1S/C10H15BrN2O2S2/c1-7-6-13(8(2)5-12-7)17(14,15)10-4-3-9(11)16-10/h3-4,7-8,12H,5-6H2,1-2H3. The normalized spacial score (nSPS) is 27.2. The summed E-state index contributed by atoms with van der Waals surface area (Å²) in [7, 11) is -3.34. The van der Waals surface area contributed by atoms with Crippen LogP contribution >= 0.6 is 27.3 Å². The fraction of sp³-hybridized carbons (Fsp3) is 0.600. The molecule has 2 atom stereocenters. The molecule has 0 aromatic carbocycles. The average Bonchev–Trinajstić information content (AvgIpc) is 2.69. The van der Waals surface area contributed by atoms with E-state index in [-0.39, 0.29) is 12.1 Å². The van der Waals surface area contributed by atoms with Crippen molar-refractivity contribution in [1.82, 2.24) is 9.62 Å². The summed E-state index contributed by atoms with van der Waals surface area (Å²) in [6.07, 6.45) is 0. The van der Waals surface area contributed by atoms with Gasteiger partial charge in [0.25, 0.3) is 10.0 Å². The zero-order chi connectivity index (χ0) is 12.6. The lowest BCUT2D eigenvalue weighted by Gasteiger charge is -2.36. The van der Waals surface area contributed by atoms with Gasteiger partial charge in [-0.2, -0.15) is 4.31 Å². The molecule has 1 N–H and O–H groups in total. The van der Waals surface area contributed by atoms with Crippen LogP contribution in [0.1, 0.15) is 13.8 Å². The molecule has 2 rings (SSSR count). The third-order valence-corrected chi connectivity index (χ3v) is 6.89. The quantitative estimate of drug-likeness (QED) is 0.895. The maximum Gasteiger partial charge on any atom is 0.252 e. The summed E-state index contributed by atoms with van der Waals surface area (Å²) in [5.41, 5.74) is 0. The Kier molecular flexibility index (Phi) is 3.94. The van der Waals surface area contributed by atoms with Crippen molar-refractivity contribution < 1.29 is 8.42 Å². The van der Waals surface area contributed by atoms with Gasteiger partial charge < -0.3 is 5.32 Å². The molecule has 7 heteroatoms. The molecule has 0 amide bonds. The number of halogens is 1. The second kappa shape index (κ2) is 4.97. The van der Waals surface area contributed by atoms with Crippen LogP contribution in [0.4, 0.5) is 0 Å². The first-order chi connectivity index (χ1) is 7.91. The summed E-state index contributed by atoms with van der Waals surface area (Å²) >= 11 is 4.56. The van der Waals surface area contributed by atoms with Crippen LogP contribution in [0.2, 0.25) is 0 Å². The van der Waals surface area contributed by atoms with Gasteiger partial charge in [0.2, 0.25) is 0 Å². The Morgan fingerprint density at radius 2 is 2.18 bits per heavy atom. The molecule has 0 aliphatic carbocycles. The molecule has 4 nitrogen and oxygen atoms in total. The van der Waals surface area contributed by atoms with Crippen molar-refractivity contribution in [3.05, 3.63) is 15.9 Å². The van der Waals surface area contributed by atoms with Gasteiger partial charge in [0, 0.05) is 25.2 Å². The highest BCUT2D eigenvalue weighted by Crippen LogP contribution is 2.29. The number of piperazine rings is 1. The predicted molar refractivity (Wildman–Crippen MR) is 72.8 cm³/mol. The van der Waals surface area contributed by atoms with Gasteiger partial charge >= 0.3 is 0 Å². The highest BCUT2D eigenvalue weighted by atomic mass is 79.9. The molecular formula is C10H15BrN2O2S2. The van der Waals surface area contributed by atoms with E-state index in [0.29, 0.717) is 17.3 Å². The minimum absolute atomic E-state index is 0.00271. The highest BCUT2D eigenvalue weighted by Gasteiger charge is 2.34. The first-order valence-electron chi connectivity index (χ1n) is 5.42. The van der Waals surface area contributed by atoms with E-state index in [0.717, 1.165) is 3.79 Å². The number of rotatable bonds is 2. The Morgan fingerprint density at radius 3 is 2.76 bits per heavy atom. The fourth-order valence-corrected chi connectivity index (χ4v) is 5.73. The first kappa shape index (κ1) is 13.5. The molecule has 2 heterocycles. The van der Waals surface area contributed by atoms with Gasteiger partial charge in [-0.1, -0.05) is 0 Å². The van der Waals surface area contributed by atoms with Crippen molar-refractivity contribution >= 4 is 37.3 Å². The lowest BCUT2D eigenvalue weighted by Crippen LogP contribution is -2.55. The van der Waals surface area contributed by atoms with Crippen LogP contribution in [0.5, 0.6) is 0 Å². The molecule has 0 radical (unpaired) electrons. The number of nitrogens with zero attached hydrogens (tertiary/aromatic N) is 1. The Balaban J connectivity index is 2.31. The predicted octanol–water partition coefficient (Wildman–Crippen LogP) is 1.88. The van der Waals surface area contributed by atoms with Crippen LogP contribution in [0, 0.1) is 0 Å². The minimum Gasteiger partial charge on any atom is -0.311 e. The van der Waals surface area contributed by atoms with Crippen molar-refractivity contribution in [3.8, 4) is 0 Å². The minimum atomic E-state index is -3.34. The summed E-state index contributed by atoms with van der Waals surface area (Å²) < 4.78 is 27.7. The Morgan fingerprint density at radius 1 is 1.47 bits per heavy atom. The van der Waals surface area contributed by atoms with Crippen molar-refractivity contribution in [2.24, 2.45) is 0 Å². The van der Waals surface area contributed by atoms with Crippen molar-refractivity contribution in [3.63, 3.8) is 0 Å². The zero-order valence-electron chi connectivity index (χ0n) is 9.68. The largest absolute Gasteiger partial charge is 0.311 e. The Hall–Kier alpha value is 0.0500. The van der Waals surface area contributed by atoms with Gasteiger partial charge in [-0.3, -0.25) is 0 Å². The molecule has 0 bridgehead atoms. The Labute approximate surface area is 114 Å². The molecule has 1 aromatic heterocycles. The van der Waals surface area contributed by atoms with Gasteiger partial charge in [-0.15, -0.1) is 11.3 Å². The lowest BCUT2D eigenvalue weighted by molar-refractivity contribution is 0.245. The highest BCUT2D eigenvalue weighted by molar-refractivity contribution is 9.11. The van der Waals surface area contributed by atoms with Crippen molar-refractivity contribution in [2.75, 3.05) is 13.1 Å². The molecule has 1 fully saturated rings. The number of hydrogen-bond acceptors (Lipinski definition) is 4. The summed E-state index contributed by atoms with van der Waals surface area (Å²) in [5, 5.41) is 3.28. The second-order valence-corrected chi connectivity index (χ2v) is 8.87. The van der Waals surface area contributed by atoms with Gasteiger partial charge in [-0.05, 0) is 41.9 Å². The van der Waals surface area contributed by atoms with E-state index in [1.54, 1.807) is 16.4 Å². The summed E-state index contributed by atoms with van der Waals surface area (Å²) in [6, 6.07) is 3.62. The first-order valence-corrected chi connectivity index (χ1v) is 8.47. The van der Waals surface area contributed by atoms with E-state index in [1.807, 2.05) is 13.8 Å². The fourth-order valence-electron chi connectivity index (χ4n) is 1.87. The molecule has 96 valence electrons. The van der Waals surface area contributed by atoms with Crippen molar-refractivity contribution in [1.29, 1.82) is 0 Å². The van der Waals surface area contributed by atoms with E-state index in [4.69, 9.17) is 0 Å². The number of nitrogens with one attached hydrogen (secondary N) is 1. The van der Waals surface area contributed by atoms with E-state index in [2.05, 4.69) is 21.2 Å². The van der Waals surface area contributed by atoms with Crippen molar-refractivity contribution in [2.45, 2.75) is 30.1 Å². The molecule has 1 aromatic rings. The molecule has 1 aliphatic heterocycles. The average molecular weight is 339 g/mol. The van der Waals surface area contributed by atoms with Crippen LogP contribution in [-0.4, -0.2) is 37.9 Å².